The lowest BCUT2D eigenvalue weighted by Crippen LogP contribution is -2.08. The molecule has 0 unspecified atom stereocenters. The Bertz CT molecular complexity index is 1050. The van der Waals surface area contributed by atoms with Crippen molar-refractivity contribution >= 4 is 23.2 Å². The molecule has 4 aromatic rings. The summed E-state index contributed by atoms with van der Waals surface area (Å²) in [5.74, 6) is 2.07. The van der Waals surface area contributed by atoms with Gasteiger partial charge in [0.2, 0.25) is 0 Å². The van der Waals surface area contributed by atoms with E-state index in [1.165, 1.54) is 0 Å². The molecule has 27 heavy (non-hydrogen) atoms. The zero-order valence-electron chi connectivity index (χ0n) is 15.1. The highest BCUT2D eigenvalue weighted by atomic mass is 16.5. The molecule has 136 valence electrons. The number of methoxy groups -OCH3 is 1. The molecule has 0 saturated carbocycles. The second-order valence-electron chi connectivity index (χ2n) is 6.14. The fourth-order valence-corrected chi connectivity index (χ4v) is 2.99. The Kier molecular flexibility index (Phi) is 5.07. The van der Waals surface area contributed by atoms with Gasteiger partial charge in [0, 0.05) is 26.2 Å². The first kappa shape index (κ1) is 17.2. The van der Waals surface area contributed by atoms with Crippen LogP contribution in [0.25, 0.3) is 23.2 Å². The third-order valence-electron chi connectivity index (χ3n) is 4.27. The van der Waals surface area contributed by atoms with E-state index >= 15 is 0 Å². The summed E-state index contributed by atoms with van der Waals surface area (Å²) in [6, 6.07) is 18.1. The lowest BCUT2D eigenvalue weighted by atomic mass is 10.2. The number of rotatable bonds is 7. The minimum atomic E-state index is 0.464. The molecule has 0 aliphatic heterocycles. The molecule has 0 N–H and O–H groups in total. The number of hydrogen-bond donors (Lipinski definition) is 0. The number of aryl methyl sites for hydroxylation is 2. The zero-order chi connectivity index (χ0) is 18.5. The molecule has 0 spiro atoms. The first-order valence-corrected chi connectivity index (χ1v) is 8.82. The second kappa shape index (κ2) is 7.97. The van der Waals surface area contributed by atoms with Crippen molar-refractivity contribution in [2.75, 3.05) is 7.11 Å². The summed E-state index contributed by atoms with van der Waals surface area (Å²) in [6.07, 6.45) is 4.44. The van der Waals surface area contributed by atoms with Crippen molar-refractivity contribution in [1.29, 1.82) is 0 Å². The molecule has 0 saturated heterocycles. The van der Waals surface area contributed by atoms with Crippen LogP contribution in [0.3, 0.4) is 0 Å². The van der Waals surface area contributed by atoms with Crippen LogP contribution in [0, 0.1) is 0 Å². The molecule has 6 nitrogen and oxygen atoms in total. The SMILES string of the molecule is COCc1nc2ccccc2n1CCc1noc(C=Cc2ccccc2)n1. The molecule has 0 amide bonds. The van der Waals surface area contributed by atoms with E-state index in [0.717, 1.165) is 22.4 Å². The van der Waals surface area contributed by atoms with Gasteiger partial charge in [-0.05, 0) is 23.8 Å². The molecule has 0 aliphatic carbocycles. The summed E-state index contributed by atoms with van der Waals surface area (Å²) in [4.78, 5) is 9.10. The normalized spacial score (nSPS) is 11.6. The lowest BCUT2D eigenvalue weighted by molar-refractivity contribution is 0.174. The monoisotopic (exact) mass is 360 g/mol. The highest BCUT2D eigenvalue weighted by Crippen LogP contribution is 2.17. The van der Waals surface area contributed by atoms with E-state index in [0.29, 0.717) is 31.3 Å². The molecule has 0 atom stereocenters. The lowest BCUT2D eigenvalue weighted by Gasteiger charge is -2.06. The van der Waals surface area contributed by atoms with Gasteiger partial charge in [0.25, 0.3) is 5.89 Å². The number of para-hydroxylation sites is 2. The zero-order valence-corrected chi connectivity index (χ0v) is 15.1. The molecule has 4 rings (SSSR count). The number of fused-ring (bicyclic) bond motifs is 1. The van der Waals surface area contributed by atoms with E-state index < -0.39 is 0 Å². The van der Waals surface area contributed by atoms with Gasteiger partial charge in [-0.15, -0.1) is 0 Å². The Balaban J connectivity index is 1.48. The van der Waals surface area contributed by atoms with E-state index in [2.05, 4.69) is 25.8 Å². The van der Waals surface area contributed by atoms with Crippen molar-refractivity contribution in [3.8, 4) is 0 Å². The van der Waals surface area contributed by atoms with E-state index in [1.54, 1.807) is 7.11 Å². The van der Waals surface area contributed by atoms with Crippen LogP contribution >= 0.6 is 0 Å². The maximum absolute atomic E-state index is 5.32. The molecule has 0 radical (unpaired) electrons. The number of imidazole rings is 1. The molecule has 6 heteroatoms. The Labute approximate surface area is 157 Å². The van der Waals surface area contributed by atoms with Gasteiger partial charge >= 0.3 is 0 Å². The molecule has 2 heterocycles. The average molecular weight is 360 g/mol. The van der Waals surface area contributed by atoms with Crippen molar-refractivity contribution in [2.45, 2.75) is 19.6 Å². The van der Waals surface area contributed by atoms with Gasteiger partial charge in [0.05, 0.1) is 11.0 Å². The van der Waals surface area contributed by atoms with E-state index in [1.807, 2.05) is 60.7 Å². The van der Waals surface area contributed by atoms with Crippen molar-refractivity contribution in [2.24, 2.45) is 0 Å². The summed E-state index contributed by atoms with van der Waals surface area (Å²) in [6.45, 7) is 1.17. The third kappa shape index (κ3) is 3.96. The van der Waals surface area contributed by atoms with Crippen LogP contribution < -0.4 is 0 Å². The van der Waals surface area contributed by atoms with Crippen LogP contribution in [-0.4, -0.2) is 26.8 Å². The average Bonchev–Trinajstić information content (AvgIpc) is 3.30. The fourth-order valence-electron chi connectivity index (χ4n) is 2.99. The number of hydrogen-bond acceptors (Lipinski definition) is 5. The molecule has 2 aromatic heterocycles. The first-order chi connectivity index (χ1) is 13.3. The fraction of sp³-hybridized carbons (Fsp3) is 0.190. The standard InChI is InChI=1S/C21H20N4O2/c1-26-15-20-22-17-9-5-6-10-18(17)25(20)14-13-19-23-21(27-24-19)12-11-16-7-3-2-4-8-16/h2-12H,13-15H2,1H3. The maximum atomic E-state index is 5.32. The summed E-state index contributed by atoms with van der Waals surface area (Å²) in [5.41, 5.74) is 3.13. The van der Waals surface area contributed by atoms with Gasteiger partial charge in [0.1, 0.15) is 12.4 Å². The van der Waals surface area contributed by atoms with Crippen molar-refractivity contribution in [1.82, 2.24) is 19.7 Å². The van der Waals surface area contributed by atoms with Gasteiger partial charge in [-0.3, -0.25) is 0 Å². The largest absolute Gasteiger partial charge is 0.377 e. The smallest absolute Gasteiger partial charge is 0.250 e. The van der Waals surface area contributed by atoms with Crippen LogP contribution in [0.5, 0.6) is 0 Å². The summed E-state index contributed by atoms with van der Waals surface area (Å²) >= 11 is 0. The summed E-state index contributed by atoms with van der Waals surface area (Å²) < 4.78 is 12.8. The minimum absolute atomic E-state index is 0.464. The number of benzene rings is 2. The van der Waals surface area contributed by atoms with Crippen molar-refractivity contribution in [3.63, 3.8) is 0 Å². The van der Waals surface area contributed by atoms with Crippen LogP contribution in [0.4, 0.5) is 0 Å². The van der Waals surface area contributed by atoms with Crippen LogP contribution in [0.1, 0.15) is 23.1 Å². The third-order valence-corrected chi connectivity index (χ3v) is 4.27. The van der Waals surface area contributed by atoms with Gasteiger partial charge in [-0.1, -0.05) is 47.6 Å². The molecule has 0 bridgehead atoms. The molecular weight excluding hydrogens is 340 g/mol. The molecule has 0 aliphatic rings. The van der Waals surface area contributed by atoms with E-state index in [4.69, 9.17) is 9.26 Å². The van der Waals surface area contributed by atoms with Gasteiger partial charge in [-0.25, -0.2) is 4.98 Å². The number of ether oxygens (including phenoxy) is 1. The molecular formula is C21H20N4O2. The van der Waals surface area contributed by atoms with E-state index in [9.17, 15) is 0 Å². The Morgan fingerprint density at radius 3 is 2.67 bits per heavy atom. The number of aromatic nitrogens is 4. The Morgan fingerprint density at radius 1 is 1.00 bits per heavy atom. The van der Waals surface area contributed by atoms with E-state index in [-0.39, 0.29) is 0 Å². The summed E-state index contributed by atoms with van der Waals surface area (Å²) in [7, 11) is 1.67. The van der Waals surface area contributed by atoms with Crippen LogP contribution in [0.15, 0.2) is 59.1 Å². The quantitative estimate of drug-likeness (QED) is 0.499. The highest BCUT2D eigenvalue weighted by Gasteiger charge is 2.11. The minimum Gasteiger partial charge on any atom is -0.377 e. The topological polar surface area (TPSA) is 66.0 Å². The summed E-state index contributed by atoms with van der Waals surface area (Å²) in [5, 5.41) is 4.08. The number of nitrogens with zero attached hydrogens (tertiary/aromatic N) is 4. The highest BCUT2D eigenvalue weighted by molar-refractivity contribution is 5.75. The molecule has 0 fully saturated rings. The maximum Gasteiger partial charge on any atom is 0.250 e. The first-order valence-electron chi connectivity index (χ1n) is 8.82. The Hall–Kier alpha value is -3.25. The molecule has 2 aromatic carbocycles. The predicted molar refractivity (Wildman–Crippen MR) is 104 cm³/mol. The Morgan fingerprint density at radius 2 is 1.81 bits per heavy atom. The van der Waals surface area contributed by atoms with Crippen LogP contribution in [0.2, 0.25) is 0 Å². The van der Waals surface area contributed by atoms with Gasteiger partial charge in [-0.2, -0.15) is 4.98 Å². The van der Waals surface area contributed by atoms with Crippen molar-refractivity contribution < 1.29 is 9.26 Å². The van der Waals surface area contributed by atoms with Gasteiger partial charge < -0.3 is 13.8 Å². The predicted octanol–water partition coefficient (Wildman–Crippen LogP) is 3.98. The van der Waals surface area contributed by atoms with Gasteiger partial charge in [0.15, 0.2) is 5.82 Å². The van der Waals surface area contributed by atoms with Crippen LogP contribution in [-0.2, 0) is 24.3 Å². The van der Waals surface area contributed by atoms with Crippen molar-refractivity contribution in [3.05, 3.63) is 77.7 Å². The second-order valence-corrected chi connectivity index (χ2v) is 6.14.